The van der Waals surface area contributed by atoms with E-state index < -0.39 is 15.8 Å². The largest absolute Gasteiger partial charge is 0.481 e. The molecule has 14 heavy (non-hydrogen) atoms. The van der Waals surface area contributed by atoms with Crippen LogP contribution in [-0.2, 0) is 14.6 Å². The van der Waals surface area contributed by atoms with Gasteiger partial charge in [0.2, 0.25) is 0 Å². The second-order valence-electron chi connectivity index (χ2n) is 4.05. The van der Waals surface area contributed by atoms with Crippen molar-refractivity contribution in [1.29, 1.82) is 0 Å². The number of hydrogen-bond acceptors (Lipinski definition) is 4. The van der Waals surface area contributed by atoms with Gasteiger partial charge in [-0.3, -0.25) is 4.79 Å². The van der Waals surface area contributed by atoms with Gasteiger partial charge in [0, 0.05) is 12.1 Å². The molecular weight excluding hydrogens is 206 g/mol. The Morgan fingerprint density at radius 2 is 2.14 bits per heavy atom. The van der Waals surface area contributed by atoms with Gasteiger partial charge in [-0.1, -0.05) is 0 Å². The zero-order valence-corrected chi connectivity index (χ0v) is 8.46. The highest BCUT2D eigenvalue weighted by molar-refractivity contribution is 7.91. The van der Waals surface area contributed by atoms with E-state index in [0.717, 1.165) is 0 Å². The van der Waals surface area contributed by atoms with Crippen LogP contribution in [0.25, 0.3) is 0 Å². The standard InChI is InChI=1S/C8H13NO4S/c10-8(11)6-3-7(6)9-5-1-2-14(12,13)4-5/h5-7,9H,1-4H2,(H,10,11). The second kappa shape index (κ2) is 3.20. The van der Waals surface area contributed by atoms with Gasteiger partial charge >= 0.3 is 5.97 Å². The molecule has 2 aliphatic rings. The van der Waals surface area contributed by atoms with Crippen molar-refractivity contribution in [3.63, 3.8) is 0 Å². The highest BCUT2D eigenvalue weighted by atomic mass is 32.2. The maximum absolute atomic E-state index is 11.1. The Balaban J connectivity index is 1.82. The van der Waals surface area contributed by atoms with E-state index in [2.05, 4.69) is 5.32 Å². The van der Waals surface area contributed by atoms with Crippen LogP contribution in [0, 0.1) is 5.92 Å². The van der Waals surface area contributed by atoms with Crippen LogP contribution in [0.5, 0.6) is 0 Å². The lowest BCUT2D eigenvalue weighted by Crippen LogP contribution is -2.33. The molecule has 3 unspecified atom stereocenters. The number of rotatable bonds is 3. The molecule has 1 heterocycles. The van der Waals surface area contributed by atoms with Crippen molar-refractivity contribution in [2.75, 3.05) is 11.5 Å². The predicted molar refractivity (Wildman–Crippen MR) is 49.7 cm³/mol. The topological polar surface area (TPSA) is 83.5 Å². The molecule has 1 aliphatic heterocycles. The van der Waals surface area contributed by atoms with Crippen LogP contribution in [0.4, 0.5) is 0 Å². The highest BCUT2D eigenvalue weighted by Crippen LogP contribution is 2.31. The van der Waals surface area contributed by atoms with Crippen LogP contribution in [0.3, 0.4) is 0 Å². The van der Waals surface area contributed by atoms with Crippen molar-refractivity contribution >= 4 is 15.8 Å². The lowest BCUT2D eigenvalue weighted by Gasteiger charge is -2.08. The third-order valence-corrected chi connectivity index (χ3v) is 4.56. The average Bonchev–Trinajstić information content (AvgIpc) is 2.72. The fourth-order valence-electron chi connectivity index (χ4n) is 1.88. The van der Waals surface area contributed by atoms with E-state index in [-0.39, 0.29) is 29.5 Å². The van der Waals surface area contributed by atoms with Gasteiger partial charge in [0.15, 0.2) is 9.84 Å². The van der Waals surface area contributed by atoms with E-state index in [9.17, 15) is 13.2 Å². The molecule has 1 saturated carbocycles. The molecule has 0 amide bonds. The number of sulfone groups is 1. The molecule has 6 heteroatoms. The molecule has 0 aromatic carbocycles. The minimum atomic E-state index is -2.86. The predicted octanol–water partition coefficient (Wildman–Crippen LogP) is -0.764. The summed E-state index contributed by atoms with van der Waals surface area (Å²) in [7, 11) is -2.86. The van der Waals surface area contributed by atoms with Crippen LogP contribution in [0.15, 0.2) is 0 Å². The lowest BCUT2D eigenvalue weighted by molar-refractivity contribution is -0.138. The molecule has 2 rings (SSSR count). The normalized spacial score (nSPS) is 39.6. The van der Waals surface area contributed by atoms with Crippen molar-refractivity contribution in [3.8, 4) is 0 Å². The van der Waals surface area contributed by atoms with Crippen molar-refractivity contribution in [2.45, 2.75) is 24.9 Å². The fourth-order valence-corrected chi connectivity index (χ4v) is 3.57. The molecule has 80 valence electrons. The van der Waals surface area contributed by atoms with E-state index in [1.807, 2.05) is 0 Å². The van der Waals surface area contributed by atoms with Crippen LogP contribution < -0.4 is 5.32 Å². The molecule has 3 atom stereocenters. The van der Waals surface area contributed by atoms with Crippen molar-refractivity contribution in [2.24, 2.45) is 5.92 Å². The van der Waals surface area contributed by atoms with Gasteiger partial charge in [-0.15, -0.1) is 0 Å². The summed E-state index contributed by atoms with van der Waals surface area (Å²) in [6.07, 6.45) is 1.25. The summed E-state index contributed by atoms with van der Waals surface area (Å²) in [5, 5.41) is 11.7. The molecule has 1 saturated heterocycles. The minimum absolute atomic E-state index is 0.00852. The molecule has 2 fully saturated rings. The van der Waals surface area contributed by atoms with E-state index in [1.54, 1.807) is 0 Å². The zero-order valence-electron chi connectivity index (χ0n) is 7.64. The van der Waals surface area contributed by atoms with Gasteiger partial charge in [-0.05, 0) is 12.8 Å². The monoisotopic (exact) mass is 219 g/mol. The van der Waals surface area contributed by atoms with Crippen LogP contribution in [0.2, 0.25) is 0 Å². The first-order valence-corrected chi connectivity index (χ1v) is 6.49. The Kier molecular flexibility index (Phi) is 2.27. The van der Waals surface area contributed by atoms with Crippen LogP contribution >= 0.6 is 0 Å². The number of aliphatic carboxylic acids is 1. The van der Waals surface area contributed by atoms with Crippen molar-refractivity contribution in [1.82, 2.24) is 5.32 Å². The molecule has 5 nitrogen and oxygen atoms in total. The van der Waals surface area contributed by atoms with Gasteiger partial charge in [0.25, 0.3) is 0 Å². The molecule has 0 aromatic rings. The van der Waals surface area contributed by atoms with E-state index in [0.29, 0.717) is 12.8 Å². The summed E-state index contributed by atoms with van der Waals surface area (Å²) in [5.41, 5.74) is 0. The molecule has 0 spiro atoms. The van der Waals surface area contributed by atoms with E-state index >= 15 is 0 Å². The van der Waals surface area contributed by atoms with Crippen molar-refractivity contribution < 1.29 is 18.3 Å². The Labute approximate surface area is 82.4 Å². The van der Waals surface area contributed by atoms with Crippen LogP contribution in [-0.4, -0.2) is 43.1 Å². The summed E-state index contributed by atoms with van der Waals surface area (Å²) >= 11 is 0. The first kappa shape index (κ1) is 9.92. The maximum Gasteiger partial charge on any atom is 0.308 e. The van der Waals surface area contributed by atoms with Crippen LogP contribution in [0.1, 0.15) is 12.8 Å². The first-order chi connectivity index (χ1) is 6.48. The smallest absolute Gasteiger partial charge is 0.308 e. The van der Waals surface area contributed by atoms with Gasteiger partial charge < -0.3 is 10.4 Å². The van der Waals surface area contributed by atoms with Gasteiger partial charge in [-0.25, -0.2) is 8.42 Å². The molecule has 0 bridgehead atoms. The summed E-state index contributed by atoms with van der Waals surface area (Å²) in [4.78, 5) is 10.5. The third kappa shape index (κ3) is 2.06. The number of carbonyl (C=O) groups is 1. The summed E-state index contributed by atoms with van der Waals surface area (Å²) in [5.74, 6) is -0.702. The number of carboxylic acids is 1. The van der Waals surface area contributed by atoms with Crippen molar-refractivity contribution in [3.05, 3.63) is 0 Å². The summed E-state index contributed by atoms with van der Waals surface area (Å²) < 4.78 is 22.2. The fraction of sp³-hybridized carbons (Fsp3) is 0.875. The molecule has 0 aromatic heterocycles. The Morgan fingerprint density at radius 1 is 1.43 bits per heavy atom. The molecule has 2 N–H and O–H groups in total. The third-order valence-electron chi connectivity index (χ3n) is 2.79. The molecule has 0 radical (unpaired) electrons. The van der Waals surface area contributed by atoms with Gasteiger partial charge in [0.05, 0.1) is 17.4 Å². The maximum atomic E-state index is 11.1. The van der Waals surface area contributed by atoms with Gasteiger partial charge in [0.1, 0.15) is 0 Å². The van der Waals surface area contributed by atoms with E-state index in [4.69, 9.17) is 5.11 Å². The molecule has 1 aliphatic carbocycles. The highest BCUT2D eigenvalue weighted by Gasteiger charge is 2.45. The number of nitrogens with one attached hydrogen (secondary N) is 1. The zero-order chi connectivity index (χ0) is 10.3. The second-order valence-corrected chi connectivity index (χ2v) is 6.28. The molecular formula is C8H13NO4S. The number of hydrogen-bond donors (Lipinski definition) is 2. The van der Waals surface area contributed by atoms with E-state index in [1.165, 1.54) is 0 Å². The Bertz CT molecular complexity index is 350. The quantitative estimate of drug-likeness (QED) is 0.651. The number of carboxylic acid groups (broad SMARTS) is 1. The summed E-state index contributed by atoms with van der Waals surface area (Å²) in [6.45, 7) is 0. The first-order valence-electron chi connectivity index (χ1n) is 4.67. The van der Waals surface area contributed by atoms with Gasteiger partial charge in [-0.2, -0.15) is 0 Å². The summed E-state index contributed by atoms with van der Waals surface area (Å²) in [6, 6.07) is -0.0415. The lowest BCUT2D eigenvalue weighted by atomic mass is 10.2. The average molecular weight is 219 g/mol. The Hall–Kier alpha value is -0.620. The Morgan fingerprint density at radius 3 is 2.57 bits per heavy atom. The SMILES string of the molecule is O=C(O)C1CC1NC1CCS(=O)(=O)C1. The minimum Gasteiger partial charge on any atom is -0.481 e.